The van der Waals surface area contributed by atoms with Gasteiger partial charge in [0.2, 0.25) is 0 Å². The molecule has 2 aromatic carbocycles. The lowest BCUT2D eigenvalue weighted by Gasteiger charge is -2.28. The lowest BCUT2D eigenvalue weighted by atomic mass is 10.1. The number of aromatic nitrogens is 1. The molecule has 4 rings (SSSR count). The van der Waals surface area contributed by atoms with Gasteiger partial charge in [-0.05, 0) is 66.1 Å². The van der Waals surface area contributed by atoms with Crippen LogP contribution in [0.25, 0.3) is 17.2 Å². The van der Waals surface area contributed by atoms with Crippen LogP contribution >= 0.6 is 11.6 Å². The van der Waals surface area contributed by atoms with Crippen LogP contribution in [0.15, 0.2) is 72.9 Å². The van der Waals surface area contributed by atoms with Crippen LogP contribution in [-0.2, 0) is 0 Å². The molecule has 1 fully saturated rings. The number of halogens is 1. The molecule has 0 spiro atoms. The van der Waals surface area contributed by atoms with Gasteiger partial charge in [-0.15, -0.1) is 0 Å². The molecule has 1 aromatic heterocycles. The van der Waals surface area contributed by atoms with Gasteiger partial charge in [-0.25, -0.2) is 4.98 Å². The number of aliphatic hydroxyl groups excluding tert-OH is 2. The third-order valence-electron chi connectivity index (χ3n) is 5.96. The molecule has 1 saturated carbocycles. The molecule has 0 aliphatic heterocycles. The summed E-state index contributed by atoms with van der Waals surface area (Å²) in [6.07, 6.45) is 8.47. The van der Waals surface area contributed by atoms with Gasteiger partial charge >= 0.3 is 0 Å². The molecule has 4 nitrogen and oxygen atoms in total. The van der Waals surface area contributed by atoms with Crippen molar-refractivity contribution in [1.29, 1.82) is 0 Å². The Labute approximate surface area is 206 Å². The van der Waals surface area contributed by atoms with Crippen molar-refractivity contribution in [2.45, 2.75) is 18.9 Å². The maximum absolute atomic E-state index is 9.54. The first-order valence-electron chi connectivity index (χ1n) is 11.6. The number of rotatable bonds is 9. The number of pyridine rings is 1. The second-order valence-electron chi connectivity index (χ2n) is 8.63. The molecule has 5 heteroatoms. The first-order valence-corrected chi connectivity index (χ1v) is 12.0. The van der Waals surface area contributed by atoms with E-state index < -0.39 is 0 Å². The van der Waals surface area contributed by atoms with Gasteiger partial charge in [0.05, 0.1) is 19.3 Å². The first kappa shape index (κ1) is 24.2. The first-order chi connectivity index (χ1) is 16.6. The molecule has 2 N–H and O–H groups in total. The Bertz CT molecular complexity index is 1140. The summed E-state index contributed by atoms with van der Waals surface area (Å²) in [6, 6.07) is 19.5. The van der Waals surface area contributed by atoms with E-state index in [2.05, 4.69) is 33.9 Å². The van der Waals surface area contributed by atoms with Gasteiger partial charge in [0.25, 0.3) is 0 Å². The highest BCUT2D eigenvalue weighted by Crippen LogP contribution is 2.30. The van der Waals surface area contributed by atoms with E-state index in [-0.39, 0.29) is 19.3 Å². The Morgan fingerprint density at radius 1 is 0.941 bits per heavy atom. The smallest absolute Gasteiger partial charge is 0.113 e. The highest BCUT2D eigenvalue weighted by atomic mass is 35.5. The lowest BCUT2D eigenvalue weighted by Crippen LogP contribution is -2.42. The molecule has 0 atom stereocenters. The van der Waals surface area contributed by atoms with Crippen molar-refractivity contribution in [2.24, 2.45) is 5.92 Å². The van der Waals surface area contributed by atoms with Crippen LogP contribution < -0.4 is 0 Å². The molecule has 0 saturated heterocycles. The molecule has 1 aliphatic rings. The highest BCUT2D eigenvalue weighted by molar-refractivity contribution is 6.30. The van der Waals surface area contributed by atoms with Crippen molar-refractivity contribution < 1.29 is 10.2 Å². The molecule has 3 aromatic rings. The Morgan fingerprint density at radius 3 is 2.26 bits per heavy atom. The van der Waals surface area contributed by atoms with Crippen LogP contribution in [0.1, 0.15) is 29.7 Å². The quantitative estimate of drug-likeness (QED) is 0.436. The van der Waals surface area contributed by atoms with Crippen LogP contribution in [0.2, 0.25) is 5.02 Å². The van der Waals surface area contributed by atoms with Crippen molar-refractivity contribution in [3.63, 3.8) is 0 Å². The largest absolute Gasteiger partial charge is 0.395 e. The number of aliphatic hydroxyl groups is 2. The zero-order valence-corrected chi connectivity index (χ0v) is 19.8. The average molecular weight is 473 g/mol. The SMILES string of the molecule is OCC(CO)N(CC=Cc1ccc(C#Cc2ccc(-c3ccc(Cl)cc3)cn2)cc1)CC1CC1. The zero-order valence-electron chi connectivity index (χ0n) is 19.1. The summed E-state index contributed by atoms with van der Waals surface area (Å²) in [7, 11) is 0. The predicted octanol–water partition coefficient (Wildman–Crippen LogP) is 4.88. The van der Waals surface area contributed by atoms with Crippen molar-refractivity contribution in [2.75, 3.05) is 26.3 Å². The minimum atomic E-state index is -0.197. The Balaban J connectivity index is 1.34. The van der Waals surface area contributed by atoms with Crippen molar-refractivity contribution >= 4 is 17.7 Å². The minimum Gasteiger partial charge on any atom is -0.395 e. The van der Waals surface area contributed by atoms with Crippen molar-refractivity contribution in [1.82, 2.24) is 9.88 Å². The monoisotopic (exact) mass is 472 g/mol. The van der Waals surface area contributed by atoms with E-state index in [0.29, 0.717) is 17.5 Å². The molecule has 0 amide bonds. The maximum Gasteiger partial charge on any atom is 0.113 e. The summed E-state index contributed by atoms with van der Waals surface area (Å²) < 4.78 is 0. The van der Waals surface area contributed by atoms with Gasteiger partial charge in [-0.2, -0.15) is 0 Å². The topological polar surface area (TPSA) is 56.6 Å². The maximum atomic E-state index is 9.54. The summed E-state index contributed by atoms with van der Waals surface area (Å²) in [5, 5.41) is 19.8. The number of hydrogen-bond donors (Lipinski definition) is 2. The van der Waals surface area contributed by atoms with E-state index in [4.69, 9.17) is 11.6 Å². The fourth-order valence-electron chi connectivity index (χ4n) is 3.71. The normalized spacial score (nSPS) is 13.4. The van der Waals surface area contributed by atoms with Gasteiger partial charge in [-0.3, -0.25) is 4.90 Å². The second kappa shape index (κ2) is 12.0. The Morgan fingerprint density at radius 2 is 1.65 bits per heavy atom. The van der Waals surface area contributed by atoms with Crippen LogP contribution in [0.4, 0.5) is 0 Å². The van der Waals surface area contributed by atoms with E-state index in [1.165, 1.54) is 12.8 Å². The molecule has 1 heterocycles. The fraction of sp³-hybridized carbons (Fsp3) is 0.276. The van der Waals surface area contributed by atoms with Gasteiger partial charge < -0.3 is 10.2 Å². The third kappa shape index (κ3) is 7.03. The van der Waals surface area contributed by atoms with Crippen LogP contribution in [0.5, 0.6) is 0 Å². The molecule has 0 bridgehead atoms. The standard InChI is InChI=1S/C29H29ClN2O2/c30-27-13-10-25(11-14-27)26-12-16-28(31-18-26)15-9-23-5-3-22(4-6-23)2-1-17-32(19-24-7-8-24)29(20-33)21-34/h1-6,10-14,16,18,24,29,33-34H,7-8,17,19-21H2. The molecule has 174 valence electrons. The van der Waals surface area contributed by atoms with E-state index in [0.717, 1.165) is 34.5 Å². The van der Waals surface area contributed by atoms with E-state index in [1.54, 1.807) is 0 Å². The summed E-state index contributed by atoms with van der Waals surface area (Å²) in [5.74, 6) is 7.00. The van der Waals surface area contributed by atoms with Gasteiger partial charge in [-0.1, -0.05) is 60.0 Å². The fourth-order valence-corrected chi connectivity index (χ4v) is 3.84. The molecular weight excluding hydrogens is 444 g/mol. The summed E-state index contributed by atoms with van der Waals surface area (Å²) in [5.41, 5.74) is 4.83. The number of hydrogen-bond acceptors (Lipinski definition) is 4. The van der Waals surface area contributed by atoms with E-state index in [1.807, 2.05) is 66.9 Å². The second-order valence-corrected chi connectivity index (χ2v) is 9.07. The van der Waals surface area contributed by atoms with Gasteiger partial charge in [0.15, 0.2) is 0 Å². The van der Waals surface area contributed by atoms with E-state index >= 15 is 0 Å². The highest BCUT2D eigenvalue weighted by Gasteiger charge is 2.27. The third-order valence-corrected chi connectivity index (χ3v) is 6.22. The summed E-state index contributed by atoms with van der Waals surface area (Å²) in [4.78, 5) is 6.63. The predicted molar refractivity (Wildman–Crippen MR) is 138 cm³/mol. The van der Waals surface area contributed by atoms with Crippen molar-refractivity contribution in [3.8, 4) is 23.0 Å². The Hall–Kier alpha value is -2.94. The molecule has 34 heavy (non-hydrogen) atoms. The Kier molecular flexibility index (Phi) is 8.51. The molecule has 0 unspecified atom stereocenters. The van der Waals surface area contributed by atoms with Crippen LogP contribution in [0, 0.1) is 17.8 Å². The van der Waals surface area contributed by atoms with Crippen LogP contribution in [-0.4, -0.2) is 52.4 Å². The number of benzene rings is 2. The van der Waals surface area contributed by atoms with Gasteiger partial charge in [0, 0.05) is 35.4 Å². The summed E-state index contributed by atoms with van der Waals surface area (Å²) in [6.45, 7) is 1.59. The lowest BCUT2D eigenvalue weighted by molar-refractivity contribution is 0.0788. The summed E-state index contributed by atoms with van der Waals surface area (Å²) >= 11 is 5.96. The van der Waals surface area contributed by atoms with Crippen molar-refractivity contribution in [3.05, 3.63) is 94.8 Å². The minimum absolute atomic E-state index is 0.0247. The zero-order chi connectivity index (χ0) is 23.8. The molecule has 0 radical (unpaired) electrons. The van der Waals surface area contributed by atoms with Crippen LogP contribution in [0.3, 0.4) is 0 Å². The molecular formula is C29H29ClN2O2. The molecule has 1 aliphatic carbocycles. The average Bonchev–Trinajstić information content (AvgIpc) is 3.69. The van der Waals surface area contributed by atoms with E-state index in [9.17, 15) is 10.2 Å². The number of nitrogens with zero attached hydrogens (tertiary/aromatic N) is 2. The van der Waals surface area contributed by atoms with Gasteiger partial charge in [0.1, 0.15) is 5.69 Å².